The smallest absolute Gasteiger partial charge is 0.298 e. The van der Waals surface area contributed by atoms with Gasteiger partial charge in [-0.1, -0.05) is 13.8 Å². The lowest BCUT2D eigenvalue weighted by atomic mass is 10.1. The van der Waals surface area contributed by atoms with E-state index in [9.17, 15) is 13.2 Å². The molecule has 0 spiro atoms. The molecule has 3 aromatic heterocycles. The molecule has 30 heavy (non-hydrogen) atoms. The van der Waals surface area contributed by atoms with E-state index in [1.165, 1.54) is 0 Å². The van der Waals surface area contributed by atoms with Crippen LogP contribution in [0.1, 0.15) is 61.1 Å². The second kappa shape index (κ2) is 8.29. The number of hydrogen-bond acceptors (Lipinski definition) is 5. The summed E-state index contributed by atoms with van der Waals surface area (Å²) in [6.07, 6.45) is 2.42. The van der Waals surface area contributed by atoms with Crippen LogP contribution >= 0.6 is 0 Å². The maximum atomic E-state index is 13.5. The van der Waals surface area contributed by atoms with Gasteiger partial charge in [0.25, 0.3) is 0 Å². The summed E-state index contributed by atoms with van der Waals surface area (Å²) < 4.78 is 41.4. The average Bonchev–Trinajstić information content (AvgIpc) is 3.34. The van der Waals surface area contributed by atoms with Crippen LogP contribution in [-0.4, -0.2) is 42.6 Å². The molecule has 9 heteroatoms. The van der Waals surface area contributed by atoms with Crippen LogP contribution in [0.3, 0.4) is 0 Å². The summed E-state index contributed by atoms with van der Waals surface area (Å²) >= 11 is 0. The van der Waals surface area contributed by atoms with Crippen LogP contribution in [0.4, 0.5) is 13.2 Å². The van der Waals surface area contributed by atoms with E-state index >= 15 is 0 Å². The monoisotopic (exact) mass is 418 g/mol. The fraction of sp³-hybridized carbons (Fsp3) is 0.524. The number of aromatic nitrogens is 5. The summed E-state index contributed by atoms with van der Waals surface area (Å²) in [7, 11) is 0. The molecule has 1 saturated heterocycles. The fourth-order valence-electron chi connectivity index (χ4n) is 3.92. The minimum atomic E-state index is -4.47. The first kappa shape index (κ1) is 20.7. The highest BCUT2D eigenvalue weighted by Gasteiger charge is 2.36. The number of alkyl halides is 3. The third kappa shape index (κ3) is 4.30. The van der Waals surface area contributed by atoms with E-state index in [-0.39, 0.29) is 11.6 Å². The van der Waals surface area contributed by atoms with Crippen molar-refractivity contribution in [2.75, 3.05) is 13.1 Å². The maximum absolute atomic E-state index is 13.5. The van der Waals surface area contributed by atoms with Crippen molar-refractivity contribution in [3.8, 4) is 0 Å². The molecule has 0 bridgehead atoms. The maximum Gasteiger partial charge on any atom is 0.433 e. The van der Waals surface area contributed by atoms with Crippen LogP contribution in [0, 0.1) is 0 Å². The molecule has 160 valence electrons. The van der Waals surface area contributed by atoms with Gasteiger partial charge in [-0.15, -0.1) is 0 Å². The lowest BCUT2D eigenvalue weighted by Gasteiger charge is -2.15. The Morgan fingerprint density at radius 3 is 2.57 bits per heavy atom. The largest absolute Gasteiger partial charge is 0.433 e. The van der Waals surface area contributed by atoms with Crippen molar-refractivity contribution in [3.05, 3.63) is 53.0 Å². The molecule has 1 fully saturated rings. The Hall–Kier alpha value is -2.55. The second-order valence-corrected chi connectivity index (χ2v) is 7.80. The van der Waals surface area contributed by atoms with Crippen LogP contribution in [0.15, 0.2) is 24.5 Å². The van der Waals surface area contributed by atoms with Crippen molar-refractivity contribution in [1.29, 1.82) is 0 Å². The first-order chi connectivity index (χ1) is 14.4. The third-order valence-electron chi connectivity index (χ3n) is 5.48. The molecule has 1 aliphatic heterocycles. The van der Waals surface area contributed by atoms with Gasteiger partial charge in [0, 0.05) is 55.1 Å². The Labute approximate surface area is 173 Å². The van der Waals surface area contributed by atoms with E-state index in [2.05, 4.69) is 31.9 Å². The number of aryl methyl sites for hydroxylation is 2. The molecule has 0 radical (unpaired) electrons. The second-order valence-electron chi connectivity index (χ2n) is 7.80. The van der Waals surface area contributed by atoms with Gasteiger partial charge in [0.1, 0.15) is 11.5 Å². The molecular formula is C21H25F3N6. The van der Waals surface area contributed by atoms with Crippen molar-refractivity contribution in [1.82, 2.24) is 29.5 Å². The lowest BCUT2D eigenvalue weighted by molar-refractivity contribution is -0.142. The predicted octanol–water partition coefficient (Wildman–Crippen LogP) is 4.04. The minimum absolute atomic E-state index is 0.0816. The number of hydrogen-bond donors (Lipinski definition) is 0. The first-order valence-electron chi connectivity index (χ1n) is 10.4. The van der Waals surface area contributed by atoms with Gasteiger partial charge in [-0.05, 0) is 31.9 Å². The van der Waals surface area contributed by atoms with E-state index < -0.39 is 11.9 Å². The van der Waals surface area contributed by atoms with Gasteiger partial charge >= 0.3 is 6.18 Å². The quantitative estimate of drug-likeness (QED) is 0.605. The first-order valence-corrected chi connectivity index (χ1v) is 10.4. The molecule has 3 aromatic rings. The minimum Gasteiger partial charge on any atom is -0.298 e. The SMILES string of the molecule is CCCc1ncc(CN2CC[C@@H](c3cc4nc(CC)cc(C(F)(F)F)n4n3)C2)cn1. The number of rotatable bonds is 6. The number of fused-ring (bicyclic) bond motifs is 1. The summed E-state index contributed by atoms with van der Waals surface area (Å²) in [5, 5.41) is 4.29. The molecular weight excluding hydrogens is 393 g/mol. The molecule has 0 unspecified atom stereocenters. The van der Waals surface area contributed by atoms with Gasteiger partial charge in [0.2, 0.25) is 0 Å². The zero-order valence-corrected chi connectivity index (χ0v) is 17.2. The summed E-state index contributed by atoms with van der Waals surface area (Å²) in [5.74, 6) is 0.933. The summed E-state index contributed by atoms with van der Waals surface area (Å²) in [4.78, 5) is 15.4. The Morgan fingerprint density at radius 2 is 1.90 bits per heavy atom. The van der Waals surface area contributed by atoms with Crippen LogP contribution in [0.5, 0.6) is 0 Å². The Morgan fingerprint density at radius 1 is 1.13 bits per heavy atom. The predicted molar refractivity (Wildman–Crippen MR) is 106 cm³/mol. The molecule has 6 nitrogen and oxygen atoms in total. The summed E-state index contributed by atoms with van der Waals surface area (Å²) in [5.41, 5.74) is 1.61. The highest BCUT2D eigenvalue weighted by molar-refractivity contribution is 5.43. The number of nitrogens with zero attached hydrogens (tertiary/aromatic N) is 6. The summed E-state index contributed by atoms with van der Waals surface area (Å²) in [6, 6.07) is 2.79. The van der Waals surface area contributed by atoms with Gasteiger partial charge in [-0.2, -0.15) is 18.3 Å². The average molecular weight is 418 g/mol. The molecule has 0 aliphatic carbocycles. The van der Waals surface area contributed by atoms with Crippen molar-refractivity contribution in [2.24, 2.45) is 0 Å². The van der Waals surface area contributed by atoms with E-state index in [1.54, 1.807) is 13.0 Å². The number of halogens is 3. The van der Waals surface area contributed by atoms with Crippen molar-refractivity contribution in [2.45, 2.75) is 58.2 Å². The fourth-order valence-corrected chi connectivity index (χ4v) is 3.92. The standard InChI is InChI=1S/C21H25F3N6/c1-3-5-19-25-10-14(11-26-19)12-29-7-6-15(13-29)17-9-20-27-16(4-2)8-18(21(22,23)24)30(20)28-17/h8-11,15H,3-7,12-13H2,1-2H3/t15-/m1/s1. The molecule has 1 aliphatic rings. The zero-order valence-electron chi connectivity index (χ0n) is 17.2. The van der Waals surface area contributed by atoms with Crippen LogP contribution in [-0.2, 0) is 25.6 Å². The zero-order chi connectivity index (χ0) is 21.3. The molecule has 4 heterocycles. The number of likely N-dealkylation sites (tertiary alicyclic amines) is 1. The molecule has 0 aromatic carbocycles. The Balaban J connectivity index is 1.51. The van der Waals surface area contributed by atoms with E-state index in [4.69, 9.17) is 0 Å². The molecule has 4 rings (SSSR count). The molecule has 0 N–H and O–H groups in total. The van der Waals surface area contributed by atoms with Gasteiger partial charge < -0.3 is 0 Å². The van der Waals surface area contributed by atoms with E-state index in [1.807, 2.05) is 12.4 Å². The van der Waals surface area contributed by atoms with Crippen molar-refractivity contribution < 1.29 is 13.2 Å². The van der Waals surface area contributed by atoms with Crippen LogP contribution in [0.25, 0.3) is 5.65 Å². The van der Waals surface area contributed by atoms with Crippen molar-refractivity contribution >= 4 is 5.65 Å². The lowest BCUT2D eigenvalue weighted by Crippen LogP contribution is -2.20. The Kier molecular flexibility index (Phi) is 5.73. The molecule has 1 atom stereocenters. The van der Waals surface area contributed by atoms with Crippen LogP contribution < -0.4 is 0 Å². The topological polar surface area (TPSA) is 59.2 Å². The highest BCUT2D eigenvalue weighted by atomic mass is 19.4. The van der Waals surface area contributed by atoms with Gasteiger partial charge in [-0.3, -0.25) is 4.90 Å². The van der Waals surface area contributed by atoms with Crippen LogP contribution in [0.2, 0.25) is 0 Å². The summed E-state index contributed by atoms with van der Waals surface area (Å²) in [6.45, 7) is 6.21. The van der Waals surface area contributed by atoms with Gasteiger partial charge in [-0.25, -0.2) is 19.5 Å². The normalized spacial score (nSPS) is 17.8. The third-order valence-corrected chi connectivity index (χ3v) is 5.48. The highest BCUT2D eigenvalue weighted by Crippen LogP contribution is 2.32. The van der Waals surface area contributed by atoms with Gasteiger partial charge in [0.15, 0.2) is 5.65 Å². The van der Waals surface area contributed by atoms with E-state index in [0.29, 0.717) is 17.8 Å². The van der Waals surface area contributed by atoms with Gasteiger partial charge in [0.05, 0.1) is 5.69 Å². The molecule has 0 amide bonds. The van der Waals surface area contributed by atoms with Crippen molar-refractivity contribution in [3.63, 3.8) is 0 Å². The van der Waals surface area contributed by atoms with E-state index in [0.717, 1.165) is 60.9 Å². The molecule has 0 saturated carbocycles. The Bertz CT molecular complexity index is 1010.